The second-order valence-corrected chi connectivity index (χ2v) is 8.09. The lowest BCUT2D eigenvalue weighted by molar-refractivity contribution is 0.0485. The normalized spacial score (nSPS) is 12.6. The van der Waals surface area contributed by atoms with Crippen LogP contribution in [-0.4, -0.2) is 43.8 Å². The van der Waals surface area contributed by atoms with Crippen molar-refractivity contribution in [3.63, 3.8) is 0 Å². The van der Waals surface area contributed by atoms with Gasteiger partial charge in [0.05, 0.1) is 17.7 Å². The number of nitrogens with one attached hydrogen (secondary N) is 1. The minimum atomic E-state index is -0.698. The van der Waals surface area contributed by atoms with Gasteiger partial charge in [0.25, 0.3) is 0 Å². The first-order valence-electron chi connectivity index (χ1n) is 8.98. The molecule has 1 aromatic rings. The average molecular weight is 400 g/mol. The molecule has 0 spiro atoms. The van der Waals surface area contributed by atoms with E-state index in [0.717, 1.165) is 0 Å². The van der Waals surface area contributed by atoms with E-state index in [9.17, 15) is 9.59 Å². The highest BCUT2D eigenvalue weighted by Gasteiger charge is 2.26. The molecule has 0 bridgehead atoms. The van der Waals surface area contributed by atoms with Crippen molar-refractivity contribution in [1.82, 2.24) is 5.32 Å². The number of benzene rings is 1. The van der Waals surface area contributed by atoms with Gasteiger partial charge in [0.15, 0.2) is 5.78 Å². The van der Waals surface area contributed by atoms with Crippen LogP contribution in [0.2, 0.25) is 5.02 Å². The molecular formula is C20H30ClNO5. The van der Waals surface area contributed by atoms with Crippen LogP contribution < -0.4 is 10.1 Å². The Labute approximate surface area is 166 Å². The van der Waals surface area contributed by atoms with E-state index in [4.69, 9.17) is 25.8 Å². The number of alkyl carbamates (subject to hydrolysis) is 1. The Morgan fingerprint density at radius 1 is 1.19 bits per heavy atom. The van der Waals surface area contributed by atoms with Crippen molar-refractivity contribution in [2.24, 2.45) is 5.92 Å². The van der Waals surface area contributed by atoms with Gasteiger partial charge in [0.2, 0.25) is 0 Å². The van der Waals surface area contributed by atoms with Crippen molar-refractivity contribution in [2.75, 3.05) is 20.3 Å². The van der Waals surface area contributed by atoms with Gasteiger partial charge in [-0.1, -0.05) is 25.4 Å². The van der Waals surface area contributed by atoms with Crippen molar-refractivity contribution < 1.29 is 23.8 Å². The second-order valence-electron chi connectivity index (χ2n) is 7.68. The largest absolute Gasteiger partial charge is 0.490 e. The number of carbonyl (C=O) groups is 2. The number of Topliss-reactive ketones (excluding diaryl/α,β-unsaturated/α-hetero) is 1. The number of ether oxygens (including phenoxy) is 3. The van der Waals surface area contributed by atoms with Crippen LogP contribution in [0.15, 0.2) is 18.2 Å². The fraction of sp³-hybridized carbons (Fsp3) is 0.600. The molecule has 27 heavy (non-hydrogen) atoms. The Hall–Kier alpha value is -1.79. The smallest absolute Gasteiger partial charge is 0.408 e. The molecule has 0 aliphatic heterocycles. The molecule has 1 aromatic carbocycles. The van der Waals surface area contributed by atoms with Crippen LogP contribution in [0.5, 0.6) is 5.75 Å². The number of carbonyl (C=O) groups excluding carboxylic acids is 2. The molecule has 0 heterocycles. The zero-order chi connectivity index (χ0) is 20.6. The SMILES string of the molecule is COCCOc1ccc(C(=O)C(CC(C)C)NC(=O)OC(C)(C)C)cc1Cl. The third kappa shape index (κ3) is 8.63. The average Bonchev–Trinajstić information content (AvgIpc) is 2.53. The van der Waals surface area contributed by atoms with Gasteiger partial charge in [0, 0.05) is 12.7 Å². The molecule has 1 atom stereocenters. The molecule has 0 aliphatic rings. The standard InChI is InChI=1S/C20H30ClNO5/c1-13(2)11-16(22-19(24)27-20(3,4)5)18(23)14-7-8-17(15(21)12-14)26-10-9-25-6/h7-8,12-13,16H,9-11H2,1-6H3,(H,22,24). The molecule has 1 rings (SSSR count). The van der Waals surface area contributed by atoms with Crippen molar-refractivity contribution in [3.05, 3.63) is 28.8 Å². The van der Waals surface area contributed by atoms with E-state index in [-0.39, 0.29) is 11.7 Å². The van der Waals surface area contributed by atoms with Gasteiger partial charge in [0.1, 0.15) is 18.0 Å². The van der Waals surface area contributed by atoms with E-state index in [1.165, 1.54) is 0 Å². The molecule has 1 N–H and O–H groups in total. The monoisotopic (exact) mass is 399 g/mol. The Balaban J connectivity index is 2.91. The van der Waals surface area contributed by atoms with Crippen LogP contribution in [0.3, 0.4) is 0 Å². The highest BCUT2D eigenvalue weighted by molar-refractivity contribution is 6.32. The number of hydrogen-bond acceptors (Lipinski definition) is 5. The van der Waals surface area contributed by atoms with E-state index in [1.54, 1.807) is 46.1 Å². The molecule has 0 saturated carbocycles. The van der Waals surface area contributed by atoms with Crippen LogP contribution >= 0.6 is 11.6 Å². The number of amides is 1. The second kappa shape index (κ2) is 10.5. The summed E-state index contributed by atoms with van der Waals surface area (Å²) in [4.78, 5) is 25.0. The first-order valence-corrected chi connectivity index (χ1v) is 9.36. The van der Waals surface area contributed by atoms with Gasteiger partial charge >= 0.3 is 6.09 Å². The summed E-state index contributed by atoms with van der Waals surface area (Å²) in [5.74, 6) is 0.465. The Morgan fingerprint density at radius 3 is 2.37 bits per heavy atom. The summed E-state index contributed by atoms with van der Waals surface area (Å²) in [5.41, 5.74) is -0.235. The molecule has 0 aromatic heterocycles. The first-order chi connectivity index (χ1) is 12.5. The fourth-order valence-electron chi connectivity index (χ4n) is 2.36. The van der Waals surface area contributed by atoms with E-state index in [0.29, 0.717) is 36.0 Å². The molecule has 152 valence electrons. The lowest BCUT2D eigenvalue weighted by Crippen LogP contribution is -2.44. The van der Waals surface area contributed by atoms with Gasteiger partial charge in [-0.05, 0) is 51.3 Å². The molecule has 7 heteroatoms. The van der Waals surface area contributed by atoms with Gasteiger partial charge in [-0.2, -0.15) is 0 Å². The van der Waals surface area contributed by atoms with Crippen LogP contribution in [0.4, 0.5) is 4.79 Å². The fourth-order valence-corrected chi connectivity index (χ4v) is 2.60. The van der Waals surface area contributed by atoms with E-state index >= 15 is 0 Å². The van der Waals surface area contributed by atoms with Gasteiger partial charge in [-0.15, -0.1) is 0 Å². The van der Waals surface area contributed by atoms with Crippen LogP contribution in [0.25, 0.3) is 0 Å². The maximum Gasteiger partial charge on any atom is 0.408 e. The Morgan fingerprint density at radius 2 is 1.85 bits per heavy atom. The summed E-state index contributed by atoms with van der Waals surface area (Å²) in [6.45, 7) is 10.1. The summed E-state index contributed by atoms with van der Waals surface area (Å²) in [6, 6.07) is 4.14. The van der Waals surface area contributed by atoms with Gasteiger partial charge in [-0.25, -0.2) is 4.79 Å². The first kappa shape index (κ1) is 23.2. The van der Waals surface area contributed by atoms with Gasteiger partial charge in [-0.3, -0.25) is 4.79 Å². The predicted molar refractivity (Wildman–Crippen MR) is 106 cm³/mol. The quantitative estimate of drug-likeness (QED) is 0.489. The minimum absolute atomic E-state index is 0.209. The molecule has 0 aliphatic carbocycles. The maximum absolute atomic E-state index is 12.9. The summed E-state index contributed by atoms with van der Waals surface area (Å²) >= 11 is 6.23. The molecule has 6 nitrogen and oxygen atoms in total. The number of ketones is 1. The highest BCUT2D eigenvalue weighted by atomic mass is 35.5. The third-order valence-corrected chi connectivity index (χ3v) is 3.77. The Bertz CT molecular complexity index is 640. The van der Waals surface area contributed by atoms with E-state index < -0.39 is 17.7 Å². The molecule has 1 amide bonds. The molecule has 1 unspecified atom stereocenters. The number of rotatable bonds is 9. The number of hydrogen-bond donors (Lipinski definition) is 1. The van der Waals surface area contributed by atoms with Crippen LogP contribution in [0, 0.1) is 5.92 Å². The summed E-state index contributed by atoms with van der Waals surface area (Å²) < 4.78 is 15.7. The lowest BCUT2D eigenvalue weighted by Gasteiger charge is -2.24. The predicted octanol–water partition coefficient (Wildman–Crippen LogP) is 4.49. The van der Waals surface area contributed by atoms with Crippen molar-refractivity contribution >= 4 is 23.5 Å². The molecule has 0 radical (unpaired) electrons. The number of halogens is 1. The van der Waals surface area contributed by atoms with Crippen molar-refractivity contribution in [2.45, 2.75) is 52.7 Å². The molecule has 0 saturated heterocycles. The minimum Gasteiger partial charge on any atom is -0.490 e. The van der Waals surface area contributed by atoms with Crippen LogP contribution in [-0.2, 0) is 9.47 Å². The highest BCUT2D eigenvalue weighted by Crippen LogP contribution is 2.26. The maximum atomic E-state index is 12.9. The zero-order valence-corrected chi connectivity index (χ0v) is 17.7. The van der Waals surface area contributed by atoms with Crippen molar-refractivity contribution in [1.29, 1.82) is 0 Å². The number of methoxy groups -OCH3 is 1. The van der Waals surface area contributed by atoms with E-state index in [2.05, 4.69) is 5.32 Å². The van der Waals surface area contributed by atoms with Gasteiger partial charge < -0.3 is 19.5 Å². The lowest BCUT2D eigenvalue weighted by atomic mass is 9.96. The third-order valence-electron chi connectivity index (χ3n) is 3.48. The van der Waals surface area contributed by atoms with Crippen molar-refractivity contribution in [3.8, 4) is 5.75 Å². The summed E-state index contributed by atoms with van der Waals surface area (Å²) in [5, 5.41) is 3.01. The van der Waals surface area contributed by atoms with Crippen LogP contribution in [0.1, 0.15) is 51.4 Å². The molecule has 0 fully saturated rings. The zero-order valence-electron chi connectivity index (χ0n) is 16.9. The summed E-state index contributed by atoms with van der Waals surface area (Å²) in [6.07, 6.45) is -0.131. The molecular weight excluding hydrogens is 370 g/mol. The summed E-state index contributed by atoms with van der Waals surface area (Å²) in [7, 11) is 1.58. The van der Waals surface area contributed by atoms with E-state index in [1.807, 2.05) is 13.8 Å². The Kier molecular flexibility index (Phi) is 9.06. The topological polar surface area (TPSA) is 73.9 Å².